The molecule has 1 amide bonds. The second-order valence-electron chi connectivity index (χ2n) is 6.84. The first-order valence-corrected chi connectivity index (χ1v) is 8.24. The Balaban J connectivity index is 1.96. The number of nitrogens with zero attached hydrogens (tertiary/aromatic N) is 4. The summed E-state index contributed by atoms with van der Waals surface area (Å²) in [4.78, 5) is 15.1. The summed E-state index contributed by atoms with van der Waals surface area (Å²) in [5, 5.41) is 8.14. The van der Waals surface area contributed by atoms with Crippen LogP contribution < -0.4 is 0 Å². The third-order valence-electron chi connectivity index (χ3n) is 5.10. The summed E-state index contributed by atoms with van der Waals surface area (Å²) in [5.41, 5.74) is 1.90. The summed E-state index contributed by atoms with van der Waals surface area (Å²) >= 11 is 0. The molecule has 1 aliphatic rings. The molecular formula is C18H24N4O. The van der Waals surface area contributed by atoms with Crippen molar-refractivity contribution < 1.29 is 4.79 Å². The number of carbonyl (C=O) groups excluding carboxylic acids is 1. The van der Waals surface area contributed by atoms with Crippen LogP contribution in [-0.4, -0.2) is 32.1 Å². The van der Waals surface area contributed by atoms with Gasteiger partial charge in [0.05, 0.1) is 6.04 Å². The van der Waals surface area contributed by atoms with E-state index in [1.54, 1.807) is 6.33 Å². The lowest BCUT2D eigenvalue weighted by molar-refractivity contribution is 0.0635. The number of fused-ring (bicyclic) bond motifs is 1. The Hall–Kier alpha value is -2.17. The fourth-order valence-electron chi connectivity index (χ4n) is 3.19. The van der Waals surface area contributed by atoms with Gasteiger partial charge >= 0.3 is 0 Å². The zero-order chi connectivity index (χ0) is 16.6. The number of rotatable bonds is 3. The van der Waals surface area contributed by atoms with Gasteiger partial charge in [0.1, 0.15) is 6.33 Å². The standard InChI is InChI=1S/C18H24N4O/c1-5-18(3,4)15-9-7-6-8-14(15)17(23)22-11-10-21-12-19-20-16(21)13(22)2/h6-9,12-13H,5,10-11H2,1-4H3. The van der Waals surface area contributed by atoms with E-state index in [0.717, 1.165) is 29.9 Å². The van der Waals surface area contributed by atoms with E-state index in [-0.39, 0.29) is 17.4 Å². The predicted molar refractivity (Wildman–Crippen MR) is 89.2 cm³/mol. The molecule has 1 atom stereocenters. The molecule has 0 aliphatic carbocycles. The molecule has 0 saturated heterocycles. The minimum atomic E-state index is -0.0588. The summed E-state index contributed by atoms with van der Waals surface area (Å²) in [6.45, 7) is 9.99. The summed E-state index contributed by atoms with van der Waals surface area (Å²) in [6, 6.07) is 7.92. The lowest BCUT2D eigenvalue weighted by Gasteiger charge is -2.35. The Morgan fingerprint density at radius 1 is 1.30 bits per heavy atom. The number of hydrogen-bond acceptors (Lipinski definition) is 3. The van der Waals surface area contributed by atoms with E-state index in [9.17, 15) is 4.79 Å². The van der Waals surface area contributed by atoms with E-state index < -0.39 is 0 Å². The SMILES string of the molecule is CCC(C)(C)c1ccccc1C(=O)N1CCn2cnnc2C1C. The first kappa shape index (κ1) is 15.7. The molecule has 0 N–H and O–H groups in total. The van der Waals surface area contributed by atoms with Gasteiger partial charge in [0, 0.05) is 18.7 Å². The van der Waals surface area contributed by atoms with Gasteiger partial charge in [-0.2, -0.15) is 0 Å². The van der Waals surface area contributed by atoms with Crippen molar-refractivity contribution in [3.05, 3.63) is 47.5 Å². The van der Waals surface area contributed by atoms with Crippen LogP contribution in [0.3, 0.4) is 0 Å². The molecule has 1 aromatic heterocycles. The predicted octanol–water partition coefficient (Wildman–Crippen LogP) is 3.18. The summed E-state index contributed by atoms with van der Waals surface area (Å²) in [5.74, 6) is 0.945. The fraction of sp³-hybridized carbons (Fsp3) is 0.500. The summed E-state index contributed by atoms with van der Waals surface area (Å²) in [7, 11) is 0. The Labute approximate surface area is 137 Å². The molecule has 5 heteroatoms. The van der Waals surface area contributed by atoms with Crippen LogP contribution in [0.4, 0.5) is 0 Å². The molecular weight excluding hydrogens is 288 g/mol. The molecule has 0 saturated carbocycles. The van der Waals surface area contributed by atoms with E-state index in [0.29, 0.717) is 6.54 Å². The van der Waals surface area contributed by atoms with Gasteiger partial charge in [-0.1, -0.05) is 39.0 Å². The maximum Gasteiger partial charge on any atom is 0.254 e. The lowest BCUT2D eigenvalue weighted by atomic mass is 9.79. The lowest BCUT2D eigenvalue weighted by Crippen LogP contribution is -2.42. The number of carbonyl (C=O) groups is 1. The minimum absolute atomic E-state index is 0.0225. The Morgan fingerprint density at radius 3 is 2.78 bits per heavy atom. The largest absolute Gasteiger partial charge is 0.327 e. The Morgan fingerprint density at radius 2 is 2.04 bits per heavy atom. The molecule has 2 aromatic rings. The van der Waals surface area contributed by atoms with Crippen LogP contribution in [0, 0.1) is 0 Å². The normalized spacial score (nSPS) is 17.9. The van der Waals surface area contributed by atoms with Crippen molar-refractivity contribution in [2.75, 3.05) is 6.54 Å². The molecule has 23 heavy (non-hydrogen) atoms. The van der Waals surface area contributed by atoms with Crippen molar-refractivity contribution in [3.63, 3.8) is 0 Å². The maximum atomic E-state index is 13.2. The zero-order valence-corrected chi connectivity index (χ0v) is 14.3. The van der Waals surface area contributed by atoms with E-state index >= 15 is 0 Å². The third kappa shape index (κ3) is 2.64. The van der Waals surface area contributed by atoms with E-state index in [1.165, 1.54) is 0 Å². The van der Waals surface area contributed by atoms with Gasteiger partial charge in [-0.05, 0) is 30.4 Å². The van der Waals surface area contributed by atoms with Gasteiger partial charge in [0.2, 0.25) is 0 Å². The van der Waals surface area contributed by atoms with Crippen LogP contribution in [0.15, 0.2) is 30.6 Å². The molecule has 0 spiro atoms. The van der Waals surface area contributed by atoms with Gasteiger partial charge in [-0.3, -0.25) is 4.79 Å². The second kappa shape index (κ2) is 5.80. The van der Waals surface area contributed by atoms with Crippen LogP contribution in [-0.2, 0) is 12.0 Å². The highest BCUT2D eigenvalue weighted by molar-refractivity contribution is 5.96. The van der Waals surface area contributed by atoms with E-state index in [2.05, 4.69) is 37.0 Å². The topological polar surface area (TPSA) is 51.0 Å². The molecule has 3 rings (SSSR count). The van der Waals surface area contributed by atoms with Gasteiger partial charge in [0.25, 0.3) is 5.91 Å². The number of amides is 1. The molecule has 0 bridgehead atoms. The number of aromatic nitrogens is 3. The third-order valence-corrected chi connectivity index (χ3v) is 5.10. The van der Waals surface area contributed by atoms with Crippen LogP contribution in [0.1, 0.15) is 61.9 Å². The van der Waals surface area contributed by atoms with Gasteiger partial charge in [-0.25, -0.2) is 0 Å². The van der Waals surface area contributed by atoms with Gasteiger partial charge < -0.3 is 9.47 Å². The monoisotopic (exact) mass is 312 g/mol. The van der Waals surface area contributed by atoms with Gasteiger partial charge in [0.15, 0.2) is 5.82 Å². The first-order valence-electron chi connectivity index (χ1n) is 8.24. The van der Waals surface area contributed by atoms with Crippen LogP contribution in [0.2, 0.25) is 0 Å². The minimum Gasteiger partial charge on any atom is -0.327 e. The maximum absolute atomic E-state index is 13.2. The molecule has 0 radical (unpaired) electrons. The van der Waals surface area contributed by atoms with Crippen molar-refractivity contribution in [3.8, 4) is 0 Å². The summed E-state index contributed by atoms with van der Waals surface area (Å²) in [6.07, 6.45) is 2.73. The van der Waals surface area contributed by atoms with Crippen molar-refractivity contribution in [1.29, 1.82) is 0 Å². The van der Waals surface area contributed by atoms with Crippen molar-refractivity contribution in [2.45, 2.75) is 52.1 Å². The number of benzene rings is 1. The number of hydrogen-bond donors (Lipinski definition) is 0. The Bertz CT molecular complexity index is 719. The van der Waals surface area contributed by atoms with Crippen molar-refractivity contribution in [1.82, 2.24) is 19.7 Å². The van der Waals surface area contributed by atoms with Crippen LogP contribution >= 0.6 is 0 Å². The van der Waals surface area contributed by atoms with Crippen molar-refractivity contribution >= 4 is 5.91 Å². The van der Waals surface area contributed by atoms with E-state index in [4.69, 9.17) is 0 Å². The highest BCUT2D eigenvalue weighted by Crippen LogP contribution is 2.32. The molecule has 2 heterocycles. The van der Waals surface area contributed by atoms with Crippen LogP contribution in [0.25, 0.3) is 0 Å². The quantitative estimate of drug-likeness (QED) is 0.874. The fourth-order valence-corrected chi connectivity index (χ4v) is 3.19. The molecule has 1 aliphatic heterocycles. The molecule has 0 fully saturated rings. The Kier molecular flexibility index (Phi) is 3.96. The highest BCUT2D eigenvalue weighted by atomic mass is 16.2. The van der Waals surface area contributed by atoms with Crippen LogP contribution in [0.5, 0.6) is 0 Å². The van der Waals surface area contributed by atoms with Gasteiger partial charge in [-0.15, -0.1) is 10.2 Å². The van der Waals surface area contributed by atoms with E-state index in [1.807, 2.05) is 34.6 Å². The molecule has 122 valence electrons. The summed E-state index contributed by atoms with van der Waals surface area (Å²) < 4.78 is 2.02. The average molecular weight is 312 g/mol. The van der Waals surface area contributed by atoms with Crippen molar-refractivity contribution in [2.24, 2.45) is 0 Å². The molecule has 1 unspecified atom stereocenters. The highest BCUT2D eigenvalue weighted by Gasteiger charge is 2.32. The average Bonchev–Trinajstić information content (AvgIpc) is 3.04. The first-order chi connectivity index (χ1) is 11.0. The smallest absolute Gasteiger partial charge is 0.254 e. The zero-order valence-electron chi connectivity index (χ0n) is 14.3. The molecule has 5 nitrogen and oxygen atoms in total. The second-order valence-corrected chi connectivity index (χ2v) is 6.84. The molecule has 1 aromatic carbocycles.